The number of nitrogens with two attached hydrogens (primary N) is 1. The van der Waals surface area contributed by atoms with Crippen LogP contribution in [0.1, 0.15) is 34.4 Å². The second kappa shape index (κ2) is 10.3. The molecule has 1 saturated heterocycles. The van der Waals surface area contributed by atoms with Crippen molar-refractivity contribution in [2.24, 2.45) is 5.73 Å². The molecule has 32 heavy (non-hydrogen) atoms. The van der Waals surface area contributed by atoms with Crippen LogP contribution >= 0.6 is 11.3 Å². The summed E-state index contributed by atoms with van der Waals surface area (Å²) in [5.41, 5.74) is 6.07. The van der Waals surface area contributed by atoms with Gasteiger partial charge in [0.05, 0.1) is 12.1 Å². The number of hydrogen-bond acceptors (Lipinski definition) is 8. The summed E-state index contributed by atoms with van der Waals surface area (Å²) in [4.78, 5) is 43.2. The number of carbonyl (C=O) groups excluding carboxylic acids is 3. The predicted octanol–water partition coefficient (Wildman–Crippen LogP) is 1.75. The highest BCUT2D eigenvalue weighted by Crippen LogP contribution is 2.25. The Hall–Kier alpha value is -3.34. The molecule has 1 aromatic heterocycles. The number of carbonyl (C=O) groups is 3. The molecule has 1 amide bonds. The van der Waals surface area contributed by atoms with Crippen LogP contribution in [-0.4, -0.2) is 59.6 Å². The van der Waals surface area contributed by atoms with Gasteiger partial charge in [0.1, 0.15) is 35.3 Å². The molecule has 0 unspecified atom stereocenters. The number of ether oxygens (including phenoxy) is 1. The number of amides is 1. The quantitative estimate of drug-likeness (QED) is 0.348. The molecule has 11 heteroatoms. The summed E-state index contributed by atoms with van der Waals surface area (Å²) in [5.74, 6) is -1.71. The number of nitrogens with zero attached hydrogens (tertiary/aromatic N) is 3. The molecule has 0 saturated carbocycles. The zero-order valence-electron chi connectivity index (χ0n) is 17.6. The van der Waals surface area contributed by atoms with Gasteiger partial charge in [-0.25, -0.2) is 9.37 Å². The Morgan fingerprint density at radius 2 is 1.97 bits per heavy atom. The summed E-state index contributed by atoms with van der Waals surface area (Å²) < 4.78 is 20.0. The first-order valence-electron chi connectivity index (χ1n) is 9.98. The zero-order chi connectivity index (χ0) is 23.3. The van der Waals surface area contributed by atoms with Crippen molar-refractivity contribution >= 4 is 40.5 Å². The smallest absolute Gasteiger partial charge is 0.313 e. The molecule has 3 N–H and O–H groups in total. The van der Waals surface area contributed by atoms with Crippen molar-refractivity contribution < 1.29 is 23.5 Å². The van der Waals surface area contributed by atoms with E-state index in [1.165, 1.54) is 24.3 Å². The number of Topliss-reactive ketones (excluding diaryl/α,β-unsaturated/α-hetero) is 1. The van der Waals surface area contributed by atoms with E-state index in [1.807, 2.05) is 4.90 Å². The molecule has 0 aliphatic carbocycles. The third-order valence-electron chi connectivity index (χ3n) is 4.86. The minimum absolute atomic E-state index is 0.00941. The lowest BCUT2D eigenvalue weighted by atomic mass is 10.1. The van der Waals surface area contributed by atoms with Crippen LogP contribution in [0.4, 0.5) is 10.1 Å². The van der Waals surface area contributed by atoms with Gasteiger partial charge < -0.3 is 20.3 Å². The van der Waals surface area contributed by atoms with Crippen LogP contribution in [0, 0.1) is 11.2 Å². The SMILES string of the molecule is CC(=O)Cc1nc(C(=O)N2CCN(c3cccc(COC(=O)CC(=N)N)c3F)CC2)cs1. The number of halogens is 1. The summed E-state index contributed by atoms with van der Waals surface area (Å²) in [6.07, 6.45) is -0.127. The molecule has 1 fully saturated rings. The molecule has 1 aliphatic rings. The fourth-order valence-corrected chi connectivity index (χ4v) is 4.14. The van der Waals surface area contributed by atoms with E-state index in [-0.39, 0.29) is 42.5 Å². The number of amidine groups is 1. The number of hydrogen-bond donors (Lipinski definition) is 2. The van der Waals surface area contributed by atoms with Gasteiger partial charge in [0.2, 0.25) is 0 Å². The summed E-state index contributed by atoms with van der Waals surface area (Å²) in [7, 11) is 0. The molecule has 0 radical (unpaired) electrons. The van der Waals surface area contributed by atoms with E-state index in [4.69, 9.17) is 15.9 Å². The Morgan fingerprint density at radius 3 is 2.62 bits per heavy atom. The third-order valence-corrected chi connectivity index (χ3v) is 5.71. The van der Waals surface area contributed by atoms with Crippen LogP contribution in [0.5, 0.6) is 0 Å². The van der Waals surface area contributed by atoms with Gasteiger partial charge in [0.15, 0.2) is 5.82 Å². The molecule has 1 aliphatic heterocycles. The van der Waals surface area contributed by atoms with Gasteiger partial charge in [0, 0.05) is 37.1 Å². The fourth-order valence-electron chi connectivity index (χ4n) is 3.30. The molecule has 170 valence electrons. The summed E-state index contributed by atoms with van der Waals surface area (Å²) >= 11 is 1.29. The number of rotatable bonds is 8. The van der Waals surface area contributed by atoms with E-state index in [1.54, 1.807) is 22.4 Å². The average molecular weight is 462 g/mol. The van der Waals surface area contributed by atoms with E-state index in [9.17, 15) is 18.8 Å². The first-order chi connectivity index (χ1) is 15.2. The standard InChI is InChI=1S/C21H24FN5O4S/c1-13(28)9-18-25-15(12-32-18)21(30)27-7-5-26(6-8-27)16-4-2-3-14(20(16)22)11-31-19(29)10-17(23)24/h2-4,12H,5-11H2,1H3,(H3,23,24). The van der Waals surface area contributed by atoms with Crippen LogP contribution in [0.3, 0.4) is 0 Å². The molecular formula is C21H24FN5O4S. The predicted molar refractivity (Wildman–Crippen MR) is 117 cm³/mol. The van der Waals surface area contributed by atoms with Crippen LogP contribution in [0.2, 0.25) is 0 Å². The fraction of sp³-hybridized carbons (Fsp3) is 0.381. The third kappa shape index (κ3) is 5.88. The number of esters is 1. The van der Waals surface area contributed by atoms with Gasteiger partial charge in [-0.3, -0.25) is 19.8 Å². The van der Waals surface area contributed by atoms with Gasteiger partial charge in [-0.05, 0) is 13.0 Å². The van der Waals surface area contributed by atoms with Crippen molar-refractivity contribution in [3.8, 4) is 0 Å². The number of ketones is 1. The van der Waals surface area contributed by atoms with Crippen molar-refractivity contribution in [3.63, 3.8) is 0 Å². The van der Waals surface area contributed by atoms with Crippen LogP contribution in [0.25, 0.3) is 0 Å². The lowest BCUT2D eigenvalue weighted by Gasteiger charge is -2.36. The Balaban J connectivity index is 1.59. The van der Waals surface area contributed by atoms with Crippen molar-refractivity contribution in [1.29, 1.82) is 5.41 Å². The molecule has 0 spiro atoms. The van der Waals surface area contributed by atoms with E-state index < -0.39 is 11.8 Å². The van der Waals surface area contributed by atoms with E-state index in [0.29, 0.717) is 42.6 Å². The van der Waals surface area contributed by atoms with Crippen molar-refractivity contribution in [1.82, 2.24) is 9.88 Å². The molecule has 3 rings (SSSR count). The topological polar surface area (TPSA) is 130 Å². The zero-order valence-corrected chi connectivity index (χ0v) is 18.4. The average Bonchev–Trinajstić information content (AvgIpc) is 3.20. The molecular weight excluding hydrogens is 437 g/mol. The number of aromatic nitrogens is 1. The Kier molecular flexibility index (Phi) is 7.52. The maximum atomic E-state index is 15.0. The van der Waals surface area contributed by atoms with Gasteiger partial charge in [-0.2, -0.15) is 0 Å². The Labute approximate surface area is 188 Å². The molecule has 2 aromatic rings. The Bertz CT molecular complexity index is 1030. The number of nitrogens with one attached hydrogen (secondary N) is 1. The summed E-state index contributed by atoms with van der Waals surface area (Å²) in [5, 5.41) is 9.37. The Morgan fingerprint density at radius 1 is 1.25 bits per heavy atom. The lowest BCUT2D eigenvalue weighted by molar-refractivity contribution is -0.143. The van der Waals surface area contributed by atoms with Crippen molar-refractivity contribution in [3.05, 3.63) is 45.7 Å². The van der Waals surface area contributed by atoms with Crippen molar-refractivity contribution in [2.75, 3.05) is 31.1 Å². The molecule has 2 heterocycles. The van der Waals surface area contributed by atoms with Crippen molar-refractivity contribution in [2.45, 2.75) is 26.4 Å². The van der Waals surface area contributed by atoms with Gasteiger partial charge >= 0.3 is 5.97 Å². The van der Waals surface area contributed by atoms with E-state index in [2.05, 4.69) is 4.98 Å². The van der Waals surface area contributed by atoms with E-state index in [0.717, 1.165) is 0 Å². The van der Waals surface area contributed by atoms with Gasteiger partial charge in [-0.15, -0.1) is 11.3 Å². The molecule has 0 bridgehead atoms. The van der Waals surface area contributed by atoms with Crippen LogP contribution in [-0.2, 0) is 27.4 Å². The number of thiazole rings is 1. The second-order valence-electron chi connectivity index (χ2n) is 7.40. The molecule has 0 atom stereocenters. The maximum Gasteiger partial charge on any atom is 0.313 e. The van der Waals surface area contributed by atoms with E-state index >= 15 is 0 Å². The second-order valence-corrected chi connectivity index (χ2v) is 8.34. The minimum atomic E-state index is -0.692. The molecule has 1 aromatic carbocycles. The monoisotopic (exact) mass is 461 g/mol. The first kappa shape index (κ1) is 23.3. The number of piperazine rings is 1. The van der Waals surface area contributed by atoms with Gasteiger partial charge in [-0.1, -0.05) is 12.1 Å². The maximum absolute atomic E-state index is 15.0. The summed E-state index contributed by atoms with van der Waals surface area (Å²) in [6, 6.07) is 4.85. The van der Waals surface area contributed by atoms with Crippen LogP contribution in [0.15, 0.2) is 23.6 Å². The minimum Gasteiger partial charge on any atom is -0.460 e. The first-order valence-corrected chi connectivity index (χ1v) is 10.9. The largest absolute Gasteiger partial charge is 0.460 e. The van der Waals surface area contributed by atoms with Gasteiger partial charge in [0.25, 0.3) is 5.91 Å². The summed E-state index contributed by atoms with van der Waals surface area (Å²) in [6.45, 7) is 2.88. The van der Waals surface area contributed by atoms with Crippen LogP contribution < -0.4 is 10.6 Å². The highest BCUT2D eigenvalue weighted by Gasteiger charge is 2.26. The normalized spacial score (nSPS) is 13.7. The highest BCUT2D eigenvalue weighted by molar-refractivity contribution is 7.09. The number of anilines is 1. The molecule has 9 nitrogen and oxygen atoms in total. The number of benzene rings is 1. The lowest BCUT2D eigenvalue weighted by Crippen LogP contribution is -2.49. The highest BCUT2D eigenvalue weighted by atomic mass is 32.1.